The molecule has 0 spiro atoms. The number of thiophene rings is 1. The van der Waals surface area contributed by atoms with E-state index in [1.807, 2.05) is 25.1 Å². The Morgan fingerprint density at radius 2 is 2.11 bits per heavy atom. The topological polar surface area (TPSA) is 30.5 Å². The highest BCUT2D eigenvalue weighted by Gasteiger charge is 2.03. The zero-order valence-corrected chi connectivity index (χ0v) is 12.1. The largest absolute Gasteiger partial charge is 0.493 e. The fraction of sp³-hybridized carbons (Fsp3) is 0.333. The molecule has 0 atom stereocenters. The Balaban J connectivity index is 1.73. The molecule has 0 aliphatic carbocycles. The fourth-order valence-corrected chi connectivity index (χ4v) is 2.43. The summed E-state index contributed by atoms with van der Waals surface area (Å²) >= 11 is 1.76. The van der Waals surface area contributed by atoms with Crippen LogP contribution in [0.25, 0.3) is 0 Å². The van der Waals surface area contributed by atoms with Crippen molar-refractivity contribution in [2.24, 2.45) is 0 Å². The zero-order valence-electron chi connectivity index (χ0n) is 11.3. The molecule has 3 nitrogen and oxygen atoms in total. The molecule has 2 aromatic rings. The van der Waals surface area contributed by atoms with Crippen LogP contribution in [-0.2, 0) is 6.54 Å². The molecular weight excluding hydrogens is 258 g/mol. The van der Waals surface area contributed by atoms with Crippen molar-refractivity contribution in [1.82, 2.24) is 5.32 Å². The van der Waals surface area contributed by atoms with Crippen molar-refractivity contribution in [2.75, 3.05) is 20.3 Å². The van der Waals surface area contributed by atoms with Crippen molar-refractivity contribution < 1.29 is 9.47 Å². The van der Waals surface area contributed by atoms with Gasteiger partial charge in [0.15, 0.2) is 11.5 Å². The number of ether oxygens (including phenoxy) is 2. The van der Waals surface area contributed by atoms with E-state index in [4.69, 9.17) is 9.47 Å². The third-order valence-corrected chi connectivity index (χ3v) is 3.61. The van der Waals surface area contributed by atoms with Crippen LogP contribution in [0.2, 0.25) is 0 Å². The summed E-state index contributed by atoms with van der Waals surface area (Å²) < 4.78 is 11.0. The number of benzene rings is 1. The van der Waals surface area contributed by atoms with Gasteiger partial charge < -0.3 is 14.8 Å². The van der Waals surface area contributed by atoms with E-state index in [0.717, 1.165) is 24.6 Å². The monoisotopic (exact) mass is 277 g/mol. The lowest BCUT2D eigenvalue weighted by Gasteiger charge is -2.11. The van der Waals surface area contributed by atoms with Crippen LogP contribution in [0, 0.1) is 6.92 Å². The Kier molecular flexibility index (Phi) is 5.24. The van der Waals surface area contributed by atoms with Crippen molar-refractivity contribution >= 4 is 11.3 Å². The first-order valence-electron chi connectivity index (χ1n) is 6.30. The molecule has 1 heterocycles. The van der Waals surface area contributed by atoms with E-state index in [-0.39, 0.29) is 0 Å². The van der Waals surface area contributed by atoms with E-state index in [2.05, 4.69) is 22.8 Å². The lowest BCUT2D eigenvalue weighted by atomic mass is 10.2. The average molecular weight is 277 g/mol. The molecule has 1 N–H and O–H groups in total. The Morgan fingerprint density at radius 1 is 1.21 bits per heavy atom. The second-order valence-electron chi connectivity index (χ2n) is 4.26. The van der Waals surface area contributed by atoms with Gasteiger partial charge in [-0.25, -0.2) is 0 Å². The quantitative estimate of drug-likeness (QED) is 0.788. The predicted octanol–water partition coefficient (Wildman–Crippen LogP) is 3.23. The van der Waals surface area contributed by atoms with Crippen molar-refractivity contribution in [2.45, 2.75) is 13.5 Å². The molecule has 1 aromatic heterocycles. The van der Waals surface area contributed by atoms with E-state index < -0.39 is 0 Å². The molecule has 102 valence electrons. The van der Waals surface area contributed by atoms with Crippen LogP contribution in [0.15, 0.2) is 35.7 Å². The van der Waals surface area contributed by atoms with Crippen LogP contribution in [0.4, 0.5) is 0 Å². The lowest BCUT2D eigenvalue weighted by Crippen LogP contribution is -2.20. The molecule has 4 heteroatoms. The van der Waals surface area contributed by atoms with Gasteiger partial charge in [0.2, 0.25) is 0 Å². The first kappa shape index (κ1) is 13.9. The summed E-state index contributed by atoms with van der Waals surface area (Å²) in [6.07, 6.45) is 0. The van der Waals surface area contributed by atoms with Crippen LogP contribution < -0.4 is 14.8 Å². The Bertz CT molecular complexity index is 497. The van der Waals surface area contributed by atoms with E-state index in [0.29, 0.717) is 6.61 Å². The summed E-state index contributed by atoms with van der Waals surface area (Å²) in [5.41, 5.74) is 1.17. The van der Waals surface area contributed by atoms with Crippen molar-refractivity contribution in [3.8, 4) is 11.5 Å². The summed E-state index contributed by atoms with van der Waals surface area (Å²) in [5.74, 6) is 1.59. The molecule has 0 fully saturated rings. The SMILES string of the molecule is COc1cc(C)ccc1OCCNCc1cccs1. The normalized spacial score (nSPS) is 10.4. The summed E-state index contributed by atoms with van der Waals surface area (Å²) in [5, 5.41) is 5.44. The molecule has 0 bridgehead atoms. The second-order valence-corrected chi connectivity index (χ2v) is 5.29. The van der Waals surface area contributed by atoms with Gasteiger partial charge in [-0.2, -0.15) is 0 Å². The maximum atomic E-state index is 5.72. The van der Waals surface area contributed by atoms with Gasteiger partial charge in [0.1, 0.15) is 6.61 Å². The minimum absolute atomic E-state index is 0.630. The zero-order chi connectivity index (χ0) is 13.5. The molecule has 0 saturated carbocycles. The molecule has 0 aliphatic rings. The Labute approximate surface area is 118 Å². The van der Waals surface area contributed by atoms with E-state index in [1.54, 1.807) is 18.4 Å². The summed E-state index contributed by atoms with van der Waals surface area (Å²) in [7, 11) is 1.66. The lowest BCUT2D eigenvalue weighted by molar-refractivity contribution is 0.292. The number of rotatable bonds is 7. The maximum Gasteiger partial charge on any atom is 0.161 e. The van der Waals surface area contributed by atoms with Crippen LogP contribution in [0.3, 0.4) is 0 Å². The average Bonchev–Trinajstić information content (AvgIpc) is 2.93. The molecule has 19 heavy (non-hydrogen) atoms. The minimum Gasteiger partial charge on any atom is -0.493 e. The first-order chi connectivity index (χ1) is 9.29. The van der Waals surface area contributed by atoms with Gasteiger partial charge in [-0.05, 0) is 36.1 Å². The second kappa shape index (κ2) is 7.16. The van der Waals surface area contributed by atoms with Gasteiger partial charge in [-0.1, -0.05) is 12.1 Å². The van der Waals surface area contributed by atoms with Crippen molar-refractivity contribution in [3.63, 3.8) is 0 Å². The standard InChI is InChI=1S/C15H19NO2S/c1-12-5-6-14(15(10-12)17-2)18-8-7-16-11-13-4-3-9-19-13/h3-6,9-10,16H,7-8,11H2,1-2H3. The van der Waals surface area contributed by atoms with Gasteiger partial charge in [-0.15, -0.1) is 11.3 Å². The summed E-state index contributed by atoms with van der Waals surface area (Å²) in [4.78, 5) is 1.34. The molecule has 0 aliphatic heterocycles. The number of methoxy groups -OCH3 is 1. The number of aryl methyl sites for hydroxylation is 1. The maximum absolute atomic E-state index is 5.72. The minimum atomic E-state index is 0.630. The van der Waals surface area contributed by atoms with Gasteiger partial charge in [0.05, 0.1) is 7.11 Å². The highest BCUT2D eigenvalue weighted by atomic mass is 32.1. The molecule has 0 unspecified atom stereocenters. The van der Waals surface area contributed by atoms with Crippen molar-refractivity contribution in [1.29, 1.82) is 0 Å². The van der Waals surface area contributed by atoms with Crippen molar-refractivity contribution in [3.05, 3.63) is 46.2 Å². The third-order valence-electron chi connectivity index (χ3n) is 2.73. The summed E-state index contributed by atoms with van der Waals surface area (Å²) in [6.45, 7) is 4.38. The number of nitrogens with one attached hydrogen (secondary N) is 1. The van der Waals surface area contributed by atoms with E-state index >= 15 is 0 Å². The van der Waals surface area contributed by atoms with Crippen LogP contribution in [-0.4, -0.2) is 20.3 Å². The van der Waals surface area contributed by atoms with Gasteiger partial charge in [-0.3, -0.25) is 0 Å². The molecule has 0 amide bonds. The number of hydrogen-bond acceptors (Lipinski definition) is 4. The summed E-state index contributed by atoms with van der Waals surface area (Å²) in [6, 6.07) is 10.1. The molecule has 0 radical (unpaired) electrons. The van der Waals surface area contributed by atoms with E-state index in [9.17, 15) is 0 Å². The molecular formula is C15H19NO2S. The van der Waals surface area contributed by atoms with Gasteiger partial charge >= 0.3 is 0 Å². The first-order valence-corrected chi connectivity index (χ1v) is 7.18. The third kappa shape index (κ3) is 4.26. The van der Waals surface area contributed by atoms with Crippen LogP contribution in [0.5, 0.6) is 11.5 Å². The highest BCUT2D eigenvalue weighted by molar-refractivity contribution is 7.09. The molecule has 0 saturated heterocycles. The fourth-order valence-electron chi connectivity index (χ4n) is 1.75. The van der Waals surface area contributed by atoms with Crippen LogP contribution in [0.1, 0.15) is 10.4 Å². The van der Waals surface area contributed by atoms with Crippen LogP contribution >= 0.6 is 11.3 Å². The van der Waals surface area contributed by atoms with Gasteiger partial charge in [0, 0.05) is 18.0 Å². The Hall–Kier alpha value is -1.52. The smallest absolute Gasteiger partial charge is 0.161 e. The van der Waals surface area contributed by atoms with Gasteiger partial charge in [0.25, 0.3) is 0 Å². The Morgan fingerprint density at radius 3 is 2.84 bits per heavy atom. The van der Waals surface area contributed by atoms with E-state index in [1.165, 1.54) is 10.4 Å². The molecule has 1 aromatic carbocycles. The predicted molar refractivity (Wildman–Crippen MR) is 79.3 cm³/mol. The highest BCUT2D eigenvalue weighted by Crippen LogP contribution is 2.27. The molecule has 2 rings (SSSR count). The number of hydrogen-bond donors (Lipinski definition) is 1.